The maximum Gasteiger partial charge on any atom is 0.251 e. The molecule has 0 aromatic heterocycles. The lowest BCUT2D eigenvalue weighted by atomic mass is 10.1. The van der Waals surface area contributed by atoms with Gasteiger partial charge < -0.3 is 10.1 Å². The lowest BCUT2D eigenvalue weighted by Gasteiger charge is -2.12. The van der Waals surface area contributed by atoms with Crippen molar-refractivity contribution in [3.63, 3.8) is 0 Å². The second-order valence-corrected chi connectivity index (χ2v) is 6.15. The third-order valence-corrected chi connectivity index (χ3v) is 4.62. The van der Waals surface area contributed by atoms with Gasteiger partial charge in [-0.1, -0.05) is 29.8 Å². The fraction of sp³-hybridized carbons (Fsp3) is 0.188. The van der Waals surface area contributed by atoms with E-state index in [2.05, 4.69) is 21.2 Å². The number of halogens is 2. The summed E-state index contributed by atoms with van der Waals surface area (Å²) < 4.78 is 6.56. The predicted octanol–water partition coefficient (Wildman–Crippen LogP) is 3.84. The number of para-hydroxylation sites is 1. The molecule has 2 aromatic rings. The summed E-state index contributed by atoms with van der Waals surface area (Å²) in [7, 11) is 0. The normalized spacial score (nSPS) is 16.2. The number of hydrogen-bond acceptors (Lipinski definition) is 2. The summed E-state index contributed by atoms with van der Waals surface area (Å²) in [5.74, 6) is 0.757. The number of benzene rings is 2. The van der Waals surface area contributed by atoms with Crippen molar-refractivity contribution in [3.8, 4) is 5.75 Å². The van der Waals surface area contributed by atoms with Crippen molar-refractivity contribution in [2.75, 3.05) is 6.54 Å². The maximum absolute atomic E-state index is 12.1. The van der Waals surface area contributed by atoms with Crippen LogP contribution < -0.4 is 10.1 Å². The van der Waals surface area contributed by atoms with Gasteiger partial charge in [0.15, 0.2) is 0 Å². The summed E-state index contributed by atoms with van der Waals surface area (Å²) in [6.07, 6.45) is 0.801. The Hall–Kier alpha value is -1.52. The molecular formula is C16H13BrClNO2. The molecule has 1 unspecified atom stereocenters. The second-order valence-electron chi connectivity index (χ2n) is 4.89. The van der Waals surface area contributed by atoms with E-state index in [-0.39, 0.29) is 12.0 Å². The number of nitrogens with one attached hydrogen (secondary N) is 1. The highest BCUT2D eigenvalue weighted by atomic mass is 79.9. The van der Waals surface area contributed by atoms with Gasteiger partial charge in [0.05, 0.1) is 11.6 Å². The Bertz CT molecular complexity index is 665. The molecule has 0 radical (unpaired) electrons. The van der Waals surface area contributed by atoms with E-state index >= 15 is 0 Å². The topological polar surface area (TPSA) is 38.3 Å². The van der Waals surface area contributed by atoms with Crippen LogP contribution in [-0.4, -0.2) is 18.6 Å². The van der Waals surface area contributed by atoms with Crippen LogP contribution in [0.2, 0.25) is 5.02 Å². The molecule has 0 saturated carbocycles. The number of fused-ring (bicyclic) bond motifs is 1. The lowest BCUT2D eigenvalue weighted by molar-refractivity contribution is 0.0933. The van der Waals surface area contributed by atoms with E-state index in [1.807, 2.05) is 24.3 Å². The molecule has 1 N–H and O–H groups in total. The highest BCUT2D eigenvalue weighted by molar-refractivity contribution is 9.10. The summed E-state index contributed by atoms with van der Waals surface area (Å²) >= 11 is 9.30. The molecule has 0 spiro atoms. The number of carbonyl (C=O) groups is 1. The summed E-state index contributed by atoms with van der Waals surface area (Å²) in [5.41, 5.74) is 1.72. The van der Waals surface area contributed by atoms with Crippen LogP contribution in [0.4, 0.5) is 0 Å². The van der Waals surface area contributed by atoms with Gasteiger partial charge in [-0.2, -0.15) is 0 Å². The summed E-state index contributed by atoms with van der Waals surface area (Å²) in [5, 5.41) is 3.41. The zero-order valence-electron chi connectivity index (χ0n) is 11.1. The number of amides is 1. The third-order valence-electron chi connectivity index (χ3n) is 3.39. The van der Waals surface area contributed by atoms with E-state index in [0.717, 1.165) is 16.6 Å². The Kier molecular flexibility index (Phi) is 4.17. The SMILES string of the molecule is O=C(NCC1Cc2ccccc2O1)c1ccc(Br)c(Cl)c1. The molecule has 0 fully saturated rings. The molecule has 5 heteroatoms. The maximum atomic E-state index is 12.1. The van der Waals surface area contributed by atoms with Gasteiger partial charge in [0, 0.05) is 16.5 Å². The first-order valence-electron chi connectivity index (χ1n) is 6.61. The first-order chi connectivity index (χ1) is 10.1. The van der Waals surface area contributed by atoms with Crippen molar-refractivity contribution in [2.24, 2.45) is 0 Å². The highest BCUT2D eigenvalue weighted by Gasteiger charge is 2.22. The van der Waals surface area contributed by atoms with Crippen molar-refractivity contribution in [1.29, 1.82) is 0 Å². The minimum Gasteiger partial charge on any atom is -0.488 e. The number of hydrogen-bond donors (Lipinski definition) is 1. The Morgan fingerprint density at radius 3 is 2.90 bits per heavy atom. The number of ether oxygens (including phenoxy) is 1. The molecule has 108 valence electrons. The van der Waals surface area contributed by atoms with Gasteiger partial charge in [-0.15, -0.1) is 0 Å². The van der Waals surface area contributed by atoms with Crippen LogP contribution in [0.25, 0.3) is 0 Å². The molecule has 0 aliphatic carbocycles. The Morgan fingerprint density at radius 2 is 2.14 bits per heavy atom. The highest BCUT2D eigenvalue weighted by Crippen LogP contribution is 2.28. The van der Waals surface area contributed by atoms with Crippen LogP contribution in [0.1, 0.15) is 15.9 Å². The van der Waals surface area contributed by atoms with E-state index in [1.54, 1.807) is 18.2 Å². The fourth-order valence-electron chi connectivity index (χ4n) is 2.31. The quantitative estimate of drug-likeness (QED) is 0.896. The van der Waals surface area contributed by atoms with Crippen LogP contribution in [0.3, 0.4) is 0 Å². The third kappa shape index (κ3) is 3.22. The van der Waals surface area contributed by atoms with Gasteiger partial charge in [0.1, 0.15) is 11.9 Å². The first kappa shape index (κ1) is 14.4. The van der Waals surface area contributed by atoms with Crippen molar-refractivity contribution >= 4 is 33.4 Å². The molecule has 3 rings (SSSR count). The van der Waals surface area contributed by atoms with E-state index < -0.39 is 0 Å². The van der Waals surface area contributed by atoms with Crippen LogP contribution >= 0.6 is 27.5 Å². The number of rotatable bonds is 3. The predicted molar refractivity (Wildman–Crippen MR) is 86.0 cm³/mol. The van der Waals surface area contributed by atoms with Crippen LogP contribution in [0.5, 0.6) is 5.75 Å². The van der Waals surface area contributed by atoms with E-state index in [4.69, 9.17) is 16.3 Å². The fourth-order valence-corrected chi connectivity index (χ4v) is 2.74. The van der Waals surface area contributed by atoms with E-state index in [9.17, 15) is 4.79 Å². The molecule has 1 aliphatic heterocycles. The van der Waals surface area contributed by atoms with Gasteiger partial charge in [0.2, 0.25) is 0 Å². The van der Waals surface area contributed by atoms with Gasteiger partial charge in [0.25, 0.3) is 5.91 Å². The van der Waals surface area contributed by atoms with E-state index in [0.29, 0.717) is 17.1 Å². The molecular weight excluding hydrogens is 354 g/mol. The summed E-state index contributed by atoms with van der Waals surface area (Å²) in [6, 6.07) is 13.1. The average Bonchev–Trinajstić information content (AvgIpc) is 2.90. The number of carbonyl (C=O) groups excluding carboxylic acids is 1. The van der Waals surface area contributed by atoms with Crippen molar-refractivity contribution in [1.82, 2.24) is 5.32 Å². The molecule has 1 amide bonds. The largest absolute Gasteiger partial charge is 0.488 e. The molecule has 1 aliphatic rings. The Balaban J connectivity index is 1.59. The lowest BCUT2D eigenvalue weighted by Crippen LogP contribution is -2.34. The smallest absolute Gasteiger partial charge is 0.251 e. The molecule has 1 heterocycles. The van der Waals surface area contributed by atoms with Crippen molar-refractivity contribution in [2.45, 2.75) is 12.5 Å². The minimum atomic E-state index is -0.149. The molecule has 21 heavy (non-hydrogen) atoms. The molecule has 1 atom stereocenters. The van der Waals surface area contributed by atoms with Crippen molar-refractivity contribution in [3.05, 3.63) is 63.1 Å². The minimum absolute atomic E-state index is 0.0164. The summed E-state index contributed by atoms with van der Waals surface area (Å²) in [4.78, 5) is 12.1. The van der Waals surface area contributed by atoms with Crippen molar-refractivity contribution < 1.29 is 9.53 Å². The second kappa shape index (κ2) is 6.08. The Labute approximate surface area is 136 Å². The van der Waals surface area contributed by atoms with Crippen LogP contribution in [-0.2, 0) is 6.42 Å². The van der Waals surface area contributed by atoms with Gasteiger partial charge in [-0.3, -0.25) is 4.79 Å². The van der Waals surface area contributed by atoms with Crippen LogP contribution in [0.15, 0.2) is 46.9 Å². The molecule has 3 nitrogen and oxygen atoms in total. The first-order valence-corrected chi connectivity index (χ1v) is 7.78. The monoisotopic (exact) mass is 365 g/mol. The molecule has 2 aromatic carbocycles. The van der Waals surface area contributed by atoms with Gasteiger partial charge in [-0.25, -0.2) is 0 Å². The standard InChI is InChI=1S/C16H13BrClNO2/c17-13-6-5-11(8-14(13)18)16(20)19-9-12-7-10-3-1-2-4-15(10)21-12/h1-6,8,12H,7,9H2,(H,19,20). The summed E-state index contributed by atoms with van der Waals surface area (Å²) in [6.45, 7) is 0.473. The zero-order valence-corrected chi connectivity index (χ0v) is 13.4. The van der Waals surface area contributed by atoms with Gasteiger partial charge >= 0.3 is 0 Å². The average molecular weight is 367 g/mol. The van der Waals surface area contributed by atoms with E-state index in [1.165, 1.54) is 5.56 Å². The van der Waals surface area contributed by atoms with Gasteiger partial charge in [-0.05, 0) is 45.8 Å². The molecule has 0 bridgehead atoms. The molecule has 0 saturated heterocycles. The Morgan fingerprint density at radius 1 is 1.33 bits per heavy atom. The van der Waals surface area contributed by atoms with Crippen LogP contribution in [0, 0.1) is 0 Å². The zero-order chi connectivity index (χ0) is 14.8.